The monoisotopic (exact) mass is 1200 g/mol. The van der Waals surface area contributed by atoms with Crippen molar-refractivity contribution in [2.45, 2.75) is 145 Å². The Kier molecular flexibility index (Phi) is 28.7. The van der Waals surface area contributed by atoms with Gasteiger partial charge in [0, 0.05) is 61.7 Å². The minimum absolute atomic E-state index is 0.00233. The second-order valence-corrected chi connectivity index (χ2v) is 24.2. The number of urea groups is 1. The molecule has 0 saturated carbocycles. The highest BCUT2D eigenvalue weighted by Crippen LogP contribution is 2.33. The maximum absolute atomic E-state index is 15.0. The smallest absolute Gasteiger partial charge is 0.315 e. The summed E-state index contributed by atoms with van der Waals surface area (Å²) in [6.07, 6.45) is 4.52. The number of nitrogens with one attached hydrogen (secondary N) is 8. The van der Waals surface area contributed by atoms with E-state index in [2.05, 4.69) is 47.5 Å². The number of hydrogen-bond donors (Lipinski definition) is 8. The Balaban J connectivity index is 0.939. The summed E-state index contributed by atoms with van der Waals surface area (Å²) in [5.41, 5.74) is 3.62. The van der Waals surface area contributed by atoms with Crippen LogP contribution in [0.4, 0.5) is 4.79 Å². The third kappa shape index (κ3) is 22.0. The third-order valence-electron chi connectivity index (χ3n) is 14.9. The molecule has 9 amide bonds. The number of unbranched alkanes of at least 4 members (excludes halogenated alkanes) is 2. The molecule has 2 aromatic carbocycles. The average Bonchev–Trinajstić information content (AvgIpc) is 4.15. The van der Waals surface area contributed by atoms with Crippen LogP contribution in [0, 0.1) is 11.8 Å². The fourth-order valence-electron chi connectivity index (χ4n) is 10.6. The maximum atomic E-state index is 15.0. The van der Waals surface area contributed by atoms with Crippen LogP contribution in [0.25, 0.3) is 0 Å². The van der Waals surface area contributed by atoms with Crippen LogP contribution in [0.5, 0.6) is 0 Å². The van der Waals surface area contributed by atoms with Crippen LogP contribution in [0.15, 0.2) is 71.6 Å². The molecule has 462 valence electrons. The van der Waals surface area contributed by atoms with Crippen molar-refractivity contribution >= 4 is 70.5 Å². The number of fused-ring (bicyclic) bond motifs is 1. The summed E-state index contributed by atoms with van der Waals surface area (Å²) < 4.78 is 22.3. The number of carbonyl (C=O) groups excluding carboxylic acids is 8. The van der Waals surface area contributed by atoms with E-state index in [1.54, 1.807) is 24.7 Å². The number of aromatic nitrogens is 1. The summed E-state index contributed by atoms with van der Waals surface area (Å²) in [6, 6.07) is 13.1. The van der Waals surface area contributed by atoms with E-state index in [9.17, 15) is 33.6 Å². The molecule has 4 heterocycles. The molecule has 0 spiro atoms. The Bertz CT molecular complexity index is 2490. The Morgan fingerprint density at radius 2 is 1.21 bits per heavy atom. The summed E-state index contributed by atoms with van der Waals surface area (Å²) in [5.74, 6) is -3.46. The van der Waals surface area contributed by atoms with Crippen molar-refractivity contribution in [1.82, 2.24) is 52.4 Å². The Labute approximate surface area is 502 Å². The SMILES string of the molecule is CC(C)C[C@H]1NC(=O)[C@@H](Cc2cscn2)NC(=O)[C@@H](C(c2ccccc2)c2ccccc2)NC(=O)[C@H](CCCCNC(=O)CCOCCOCCOCCOCCNC(=O)CCCC[C@@H]2SC[C@@H]3NC(=O)N[C@@H]32)NC(=O)[C@H](C(C)C)N(C)C1=O. The van der Waals surface area contributed by atoms with Crippen LogP contribution in [-0.4, -0.2) is 184 Å². The number of amides is 9. The fourth-order valence-corrected chi connectivity index (χ4v) is 12.7. The number of benzene rings is 2. The summed E-state index contributed by atoms with van der Waals surface area (Å²) >= 11 is 3.22. The van der Waals surface area contributed by atoms with Gasteiger partial charge in [0.1, 0.15) is 30.2 Å². The van der Waals surface area contributed by atoms with E-state index in [4.69, 9.17) is 18.9 Å². The van der Waals surface area contributed by atoms with Gasteiger partial charge in [-0.1, -0.05) is 94.8 Å². The highest BCUT2D eigenvalue weighted by atomic mass is 32.2. The molecular formula is C60H88N10O12S2. The van der Waals surface area contributed by atoms with Gasteiger partial charge < -0.3 is 66.4 Å². The molecule has 3 saturated heterocycles. The summed E-state index contributed by atoms with van der Waals surface area (Å²) in [5, 5.41) is 25.8. The maximum Gasteiger partial charge on any atom is 0.315 e. The molecule has 3 fully saturated rings. The number of rotatable bonds is 33. The fraction of sp³-hybridized carbons (Fsp3) is 0.617. The summed E-state index contributed by atoms with van der Waals surface area (Å²) in [6.45, 7) is 10.9. The van der Waals surface area contributed by atoms with Crippen molar-refractivity contribution in [3.63, 3.8) is 0 Å². The first-order chi connectivity index (χ1) is 40.6. The largest absolute Gasteiger partial charge is 0.379 e. The third-order valence-corrected chi connectivity index (χ3v) is 17.0. The molecular weight excluding hydrogens is 1120 g/mol. The van der Waals surface area contributed by atoms with E-state index in [0.717, 1.165) is 36.1 Å². The first-order valence-corrected chi connectivity index (χ1v) is 31.6. The van der Waals surface area contributed by atoms with E-state index in [-0.39, 0.29) is 81.3 Å². The van der Waals surface area contributed by atoms with E-state index < -0.39 is 71.6 Å². The standard InChI is InChI=1S/C60H88N10O12S2/c1-39(2)34-46-59(77)70(5)54(40(3)4)58(76)64-44(55(73)68-53(51(41-16-8-6-9-17-41)42-18-10-7-11-19-42)57(75)65-45(56(74)66-46)35-43-36-83-38-63-43)20-14-15-24-61-50(72)23-26-79-28-30-81-32-33-82-31-29-80-27-25-62-49(71)22-13-12-21-48-52-47(37-84-48)67-60(78)69-52/h6-11,16-19,36,38-40,44-48,51-54H,12-15,20-35,37H2,1-5H3,(H,61,72)(H,62,71)(H,64,76)(H,65,75)(H,66,74)(H,68,73)(H2,67,69,78)/t44-,45+,46+,47-,48-,52-,53+,54-/m0/s1. The van der Waals surface area contributed by atoms with Gasteiger partial charge in [-0.25, -0.2) is 9.78 Å². The molecule has 8 N–H and O–H groups in total. The number of carbonyl (C=O) groups is 8. The molecule has 84 heavy (non-hydrogen) atoms. The van der Waals surface area contributed by atoms with E-state index >= 15 is 4.79 Å². The number of likely N-dealkylation sites (N-methyl/N-ethyl adjacent to an activating group) is 1. The Hall–Kier alpha value is -6.18. The van der Waals surface area contributed by atoms with Crippen LogP contribution >= 0.6 is 23.1 Å². The lowest BCUT2D eigenvalue weighted by atomic mass is 9.84. The van der Waals surface area contributed by atoms with Gasteiger partial charge in [0.2, 0.25) is 41.4 Å². The quantitative estimate of drug-likeness (QED) is 0.0320. The number of thiazole rings is 1. The van der Waals surface area contributed by atoms with Crippen molar-refractivity contribution < 1.29 is 57.3 Å². The molecule has 1 aromatic heterocycles. The van der Waals surface area contributed by atoms with Crippen molar-refractivity contribution in [3.8, 4) is 0 Å². The predicted molar refractivity (Wildman–Crippen MR) is 321 cm³/mol. The molecule has 3 aliphatic heterocycles. The van der Waals surface area contributed by atoms with Crippen molar-refractivity contribution in [1.29, 1.82) is 0 Å². The number of ether oxygens (including phenoxy) is 4. The highest BCUT2D eigenvalue weighted by molar-refractivity contribution is 8.00. The van der Waals surface area contributed by atoms with Crippen LogP contribution < -0.4 is 42.5 Å². The Morgan fingerprint density at radius 3 is 1.85 bits per heavy atom. The molecule has 22 nitrogen and oxygen atoms in total. The molecule has 24 heteroatoms. The van der Waals surface area contributed by atoms with Crippen molar-refractivity contribution in [2.75, 3.05) is 78.7 Å². The topological polar surface area (TPSA) is 286 Å². The highest BCUT2D eigenvalue weighted by Gasteiger charge is 2.43. The van der Waals surface area contributed by atoms with Crippen molar-refractivity contribution in [3.05, 3.63) is 88.4 Å². The molecule has 0 radical (unpaired) electrons. The normalized spacial score (nSPS) is 22.4. The van der Waals surface area contributed by atoms with Gasteiger partial charge in [-0.2, -0.15) is 11.8 Å². The van der Waals surface area contributed by atoms with E-state index in [0.29, 0.717) is 76.4 Å². The number of nitrogens with zero attached hydrogens (tertiary/aromatic N) is 2. The van der Waals surface area contributed by atoms with Crippen LogP contribution in [0.2, 0.25) is 0 Å². The molecule has 3 aromatic rings. The Morgan fingerprint density at radius 1 is 0.631 bits per heavy atom. The number of hydrogen-bond acceptors (Lipinski definition) is 15. The average molecular weight is 1210 g/mol. The zero-order valence-electron chi connectivity index (χ0n) is 49.2. The van der Waals surface area contributed by atoms with Gasteiger partial charge in [0.25, 0.3) is 0 Å². The minimum atomic E-state index is -1.30. The van der Waals surface area contributed by atoms with Gasteiger partial charge >= 0.3 is 6.03 Å². The zero-order valence-corrected chi connectivity index (χ0v) is 50.9. The molecule has 3 aliphatic rings. The molecule has 0 aliphatic carbocycles. The van der Waals surface area contributed by atoms with E-state index in [1.165, 1.54) is 23.3 Å². The van der Waals surface area contributed by atoms with Crippen LogP contribution in [0.3, 0.4) is 0 Å². The first-order valence-electron chi connectivity index (χ1n) is 29.6. The van der Waals surface area contributed by atoms with E-state index in [1.807, 2.05) is 86.3 Å². The lowest BCUT2D eigenvalue weighted by molar-refractivity contribution is -0.144. The van der Waals surface area contributed by atoms with Crippen molar-refractivity contribution in [2.24, 2.45) is 11.8 Å². The summed E-state index contributed by atoms with van der Waals surface area (Å²) in [4.78, 5) is 116. The second kappa shape index (κ2) is 36.0. The predicted octanol–water partition coefficient (Wildman–Crippen LogP) is 3.58. The number of thioether (sulfide) groups is 1. The van der Waals surface area contributed by atoms with Gasteiger partial charge in [-0.05, 0) is 61.5 Å². The molecule has 0 unspecified atom stereocenters. The van der Waals surface area contributed by atoms with Gasteiger partial charge in [0.15, 0.2) is 0 Å². The van der Waals surface area contributed by atoms with Crippen LogP contribution in [-0.2, 0) is 58.9 Å². The zero-order chi connectivity index (χ0) is 60.2. The lowest BCUT2D eigenvalue weighted by Gasteiger charge is -2.34. The van der Waals surface area contributed by atoms with Gasteiger partial charge in [0.05, 0.1) is 76.1 Å². The lowest BCUT2D eigenvalue weighted by Crippen LogP contribution is -2.59. The second-order valence-electron chi connectivity index (χ2n) is 22.2. The van der Waals surface area contributed by atoms with Gasteiger partial charge in [-0.3, -0.25) is 33.6 Å². The first kappa shape index (κ1) is 67.0. The van der Waals surface area contributed by atoms with Gasteiger partial charge in [-0.15, -0.1) is 11.3 Å². The molecule has 8 atom stereocenters. The molecule has 0 bridgehead atoms. The minimum Gasteiger partial charge on any atom is -0.379 e. The van der Waals surface area contributed by atoms with Crippen LogP contribution in [0.1, 0.15) is 108 Å². The molecule has 6 rings (SSSR count). The summed E-state index contributed by atoms with van der Waals surface area (Å²) in [7, 11) is 1.52.